The van der Waals surface area contributed by atoms with Crippen LogP contribution in [0.3, 0.4) is 0 Å². The predicted octanol–water partition coefficient (Wildman–Crippen LogP) is 4.61. The number of thiazole rings is 1. The van der Waals surface area contributed by atoms with Crippen LogP contribution < -0.4 is 10.0 Å². The number of nitrogens with one attached hydrogen (secondary N) is 2. The van der Waals surface area contributed by atoms with Crippen molar-refractivity contribution < 1.29 is 26.4 Å². The summed E-state index contributed by atoms with van der Waals surface area (Å²) in [5, 5.41) is 4.36. The van der Waals surface area contributed by atoms with Crippen LogP contribution in [0.25, 0.3) is 6.08 Å². The maximum atomic E-state index is 12.7. The van der Waals surface area contributed by atoms with Crippen molar-refractivity contribution in [1.82, 2.24) is 4.98 Å². The normalized spacial score (nSPS) is 12.1. The highest BCUT2D eigenvalue weighted by atomic mass is 32.2. The topological polar surface area (TPSA) is 88.2 Å². The number of hydrogen-bond donors (Lipinski definition) is 2. The number of sulfonamides is 1. The zero-order chi connectivity index (χ0) is 21.8. The zero-order valence-corrected chi connectivity index (χ0v) is 16.7. The molecule has 3 aromatic rings. The van der Waals surface area contributed by atoms with Crippen molar-refractivity contribution in [2.24, 2.45) is 0 Å². The third kappa shape index (κ3) is 5.67. The van der Waals surface area contributed by atoms with Crippen molar-refractivity contribution in [3.8, 4) is 0 Å². The highest BCUT2D eigenvalue weighted by Gasteiger charge is 2.30. The van der Waals surface area contributed by atoms with Crippen LogP contribution in [0.2, 0.25) is 0 Å². The molecule has 156 valence electrons. The number of amides is 1. The Morgan fingerprint density at radius 3 is 2.47 bits per heavy atom. The molecule has 0 saturated heterocycles. The van der Waals surface area contributed by atoms with Gasteiger partial charge in [0.1, 0.15) is 0 Å². The third-order valence-electron chi connectivity index (χ3n) is 3.73. The standard InChI is InChI=1S/C19H14F3N3O3S2/c20-19(21,22)14-3-1-2-13(12-14)4-9-17(26)24-15-5-7-16(8-6-15)30(27,28)25-18-23-10-11-29-18/h1-12H,(H,23,25)(H,24,26)/b9-4+. The summed E-state index contributed by atoms with van der Waals surface area (Å²) in [7, 11) is -3.81. The summed E-state index contributed by atoms with van der Waals surface area (Å²) in [5.74, 6) is -0.580. The van der Waals surface area contributed by atoms with Crippen molar-refractivity contribution >= 4 is 44.2 Å². The lowest BCUT2D eigenvalue weighted by Crippen LogP contribution is -2.13. The molecule has 0 atom stereocenters. The number of alkyl halides is 3. The van der Waals surface area contributed by atoms with E-state index in [2.05, 4.69) is 15.0 Å². The van der Waals surface area contributed by atoms with Crippen LogP contribution >= 0.6 is 11.3 Å². The summed E-state index contributed by atoms with van der Waals surface area (Å²) in [6.45, 7) is 0. The second-order valence-corrected chi connectivity index (χ2v) is 8.49. The number of benzene rings is 2. The van der Waals surface area contributed by atoms with Gasteiger partial charge in [-0.15, -0.1) is 11.3 Å². The van der Waals surface area contributed by atoms with Gasteiger partial charge in [-0.05, 0) is 48.0 Å². The fourth-order valence-corrected chi connectivity index (χ4v) is 4.13. The van der Waals surface area contributed by atoms with E-state index in [1.807, 2.05) is 0 Å². The summed E-state index contributed by atoms with van der Waals surface area (Å²) in [6.07, 6.45) is -0.665. The Hall–Kier alpha value is -3.18. The van der Waals surface area contributed by atoms with Crippen LogP contribution in [-0.2, 0) is 21.0 Å². The van der Waals surface area contributed by atoms with Gasteiger partial charge in [0, 0.05) is 23.3 Å². The molecule has 11 heteroatoms. The quantitative estimate of drug-likeness (QED) is 0.534. The Balaban J connectivity index is 1.64. The van der Waals surface area contributed by atoms with Gasteiger partial charge in [-0.2, -0.15) is 13.2 Å². The molecule has 0 saturated carbocycles. The Morgan fingerprint density at radius 1 is 1.10 bits per heavy atom. The summed E-state index contributed by atoms with van der Waals surface area (Å²) in [6, 6.07) is 9.96. The summed E-state index contributed by atoms with van der Waals surface area (Å²) in [5.41, 5.74) is -0.273. The zero-order valence-electron chi connectivity index (χ0n) is 15.1. The Morgan fingerprint density at radius 2 is 1.83 bits per heavy atom. The van der Waals surface area contributed by atoms with E-state index >= 15 is 0 Å². The van der Waals surface area contributed by atoms with E-state index in [0.29, 0.717) is 5.69 Å². The van der Waals surface area contributed by atoms with Gasteiger partial charge in [0.25, 0.3) is 10.0 Å². The monoisotopic (exact) mass is 453 g/mol. The fraction of sp³-hybridized carbons (Fsp3) is 0.0526. The van der Waals surface area contributed by atoms with Crippen molar-refractivity contribution in [1.29, 1.82) is 0 Å². The number of carbonyl (C=O) groups is 1. The molecule has 0 radical (unpaired) electrons. The second kappa shape index (κ2) is 8.67. The minimum absolute atomic E-state index is 0.0183. The summed E-state index contributed by atoms with van der Waals surface area (Å²) < 4.78 is 65.0. The van der Waals surface area contributed by atoms with Gasteiger partial charge in [-0.3, -0.25) is 9.52 Å². The van der Waals surface area contributed by atoms with E-state index in [-0.39, 0.29) is 15.6 Å². The molecular formula is C19H14F3N3O3S2. The van der Waals surface area contributed by atoms with E-state index in [9.17, 15) is 26.4 Å². The largest absolute Gasteiger partial charge is 0.416 e. The minimum Gasteiger partial charge on any atom is -0.323 e. The molecule has 2 N–H and O–H groups in total. The second-order valence-electron chi connectivity index (χ2n) is 5.91. The molecule has 1 heterocycles. The van der Waals surface area contributed by atoms with Crippen molar-refractivity contribution in [3.05, 3.63) is 77.3 Å². The van der Waals surface area contributed by atoms with Gasteiger partial charge >= 0.3 is 6.18 Å². The molecular weight excluding hydrogens is 439 g/mol. The van der Waals surface area contributed by atoms with Gasteiger partial charge in [-0.25, -0.2) is 13.4 Å². The van der Waals surface area contributed by atoms with Crippen LogP contribution in [0.4, 0.5) is 24.0 Å². The van der Waals surface area contributed by atoms with E-state index < -0.39 is 27.7 Å². The van der Waals surface area contributed by atoms with E-state index in [0.717, 1.165) is 29.5 Å². The first-order valence-electron chi connectivity index (χ1n) is 8.32. The van der Waals surface area contributed by atoms with Crippen molar-refractivity contribution in [2.45, 2.75) is 11.1 Å². The highest BCUT2D eigenvalue weighted by Crippen LogP contribution is 2.29. The molecule has 0 unspecified atom stereocenters. The first-order valence-corrected chi connectivity index (χ1v) is 10.7. The van der Waals surface area contributed by atoms with Gasteiger partial charge in [-0.1, -0.05) is 12.1 Å². The van der Waals surface area contributed by atoms with Crippen LogP contribution in [0.1, 0.15) is 11.1 Å². The number of carbonyl (C=O) groups excluding carboxylic acids is 1. The maximum Gasteiger partial charge on any atom is 0.416 e. The average molecular weight is 453 g/mol. The summed E-state index contributed by atoms with van der Waals surface area (Å²) >= 11 is 1.13. The first kappa shape index (κ1) is 21.5. The predicted molar refractivity (Wildman–Crippen MR) is 108 cm³/mol. The Labute approximate surface area is 174 Å². The van der Waals surface area contributed by atoms with E-state index in [4.69, 9.17) is 0 Å². The number of nitrogens with zero attached hydrogens (tertiary/aromatic N) is 1. The summed E-state index contributed by atoms with van der Waals surface area (Å²) in [4.78, 5) is 15.8. The molecule has 0 aliphatic carbocycles. The van der Waals surface area contributed by atoms with Crippen LogP contribution in [-0.4, -0.2) is 19.3 Å². The maximum absolute atomic E-state index is 12.7. The molecule has 30 heavy (non-hydrogen) atoms. The molecule has 0 aliphatic heterocycles. The molecule has 0 fully saturated rings. The van der Waals surface area contributed by atoms with Crippen LogP contribution in [0, 0.1) is 0 Å². The Kier molecular flexibility index (Phi) is 6.22. The number of rotatable bonds is 6. The Bertz CT molecular complexity index is 1160. The van der Waals surface area contributed by atoms with Gasteiger partial charge in [0.05, 0.1) is 10.5 Å². The number of aromatic nitrogens is 1. The smallest absolute Gasteiger partial charge is 0.323 e. The molecule has 3 rings (SSSR count). The van der Waals surface area contributed by atoms with Gasteiger partial charge in [0.2, 0.25) is 5.91 Å². The number of anilines is 2. The van der Waals surface area contributed by atoms with Gasteiger partial charge in [0.15, 0.2) is 5.13 Å². The highest BCUT2D eigenvalue weighted by molar-refractivity contribution is 7.93. The minimum atomic E-state index is -4.47. The molecule has 2 aromatic carbocycles. The fourth-order valence-electron chi connectivity index (χ4n) is 2.34. The number of halogens is 3. The van der Waals surface area contributed by atoms with E-state index in [1.165, 1.54) is 48.7 Å². The van der Waals surface area contributed by atoms with Crippen LogP contribution in [0.5, 0.6) is 0 Å². The molecule has 0 spiro atoms. The average Bonchev–Trinajstić information content (AvgIpc) is 3.19. The lowest BCUT2D eigenvalue weighted by Gasteiger charge is -2.07. The lowest BCUT2D eigenvalue weighted by molar-refractivity contribution is -0.137. The third-order valence-corrected chi connectivity index (χ3v) is 5.90. The van der Waals surface area contributed by atoms with Crippen molar-refractivity contribution in [2.75, 3.05) is 10.0 Å². The molecule has 0 aliphatic rings. The molecule has 1 amide bonds. The lowest BCUT2D eigenvalue weighted by atomic mass is 10.1. The molecule has 0 bridgehead atoms. The van der Waals surface area contributed by atoms with Crippen LogP contribution in [0.15, 0.2) is 71.1 Å². The molecule has 6 nitrogen and oxygen atoms in total. The van der Waals surface area contributed by atoms with E-state index in [1.54, 1.807) is 5.38 Å². The molecule has 1 aromatic heterocycles. The number of hydrogen-bond acceptors (Lipinski definition) is 5. The van der Waals surface area contributed by atoms with Crippen molar-refractivity contribution in [3.63, 3.8) is 0 Å². The first-order chi connectivity index (χ1) is 14.1. The van der Waals surface area contributed by atoms with Gasteiger partial charge < -0.3 is 5.32 Å². The SMILES string of the molecule is O=C(/C=C/c1cccc(C(F)(F)F)c1)Nc1ccc(S(=O)(=O)Nc2nccs2)cc1.